The maximum Gasteiger partial charge on any atom is 0.153 e. The normalized spacial score (nSPS) is 40.5. The van der Waals surface area contributed by atoms with Crippen molar-refractivity contribution in [3.8, 4) is 0 Å². The van der Waals surface area contributed by atoms with Crippen LogP contribution >= 0.6 is 11.6 Å². The van der Waals surface area contributed by atoms with Gasteiger partial charge >= 0.3 is 0 Å². The zero-order chi connectivity index (χ0) is 8.60. The number of fused-ring (bicyclic) bond motifs is 2. The summed E-state index contributed by atoms with van der Waals surface area (Å²) in [7, 11) is 1.54. The Morgan fingerprint density at radius 2 is 2.17 bits per heavy atom. The van der Waals surface area contributed by atoms with Crippen molar-refractivity contribution in [3.05, 3.63) is 0 Å². The van der Waals surface area contributed by atoms with E-state index in [1.165, 1.54) is 0 Å². The molecule has 0 unspecified atom stereocenters. The standard InChI is InChI=1S/C8H13ClN2O/c1-12-10-7(9)8-2-4-11(6-8)5-3-8/h2-6H2,1H3/b10-7-. The fourth-order valence-electron chi connectivity index (χ4n) is 2.17. The van der Waals surface area contributed by atoms with Crippen LogP contribution < -0.4 is 0 Å². The Morgan fingerprint density at radius 3 is 2.58 bits per heavy atom. The summed E-state index contributed by atoms with van der Waals surface area (Å²) in [5.41, 5.74) is 0.136. The van der Waals surface area contributed by atoms with E-state index >= 15 is 0 Å². The van der Waals surface area contributed by atoms with Gasteiger partial charge < -0.3 is 9.74 Å². The van der Waals surface area contributed by atoms with E-state index < -0.39 is 0 Å². The number of nitrogens with zero attached hydrogens (tertiary/aromatic N) is 2. The molecule has 0 aliphatic carbocycles. The van der Waals surface area contributed by atoms with Gasteiger partial charge in [-0.15, -0.1) is 0 Å². The van der Waals surface area contributed by atoms with Crippen LogP contribution in [-0.4, -0.2) is 36.8 Å². The zero-order valence-electron chi connectivity index (χ0n) is 7.22. The van der Waals surface area contributed by atoms with Gasteiger partial charge in [0.25, 0.3) is 0 Å². The summed E-state index contributed by atoms with van der Waals surface area (Å²) in [5, 5.41) is 4.49. The van der Waals surface area contributed by atoms with Crippen LogP contribution in [0.3, 0.4) is 0 Å². The molecule has 3 nitrogen and oxygen atoms in total. The highest BCUT2D eigenvalue weighted by atomic mass is 35.5. The van der Waals surface area contributed by atoms with Gasteiger partial charge in [-0.25, -0.2) is 0 Å². The lowest BCUT2D eigenvalue weighted by atomic mass is 9.86. The number of hydrogen-bond acceptors (Lipinski definition) is 3. The van der Waals surface area contributed by atoms with Crippen molar-refractivity contribution in [1.82, 2.24) is 4.90 Å². The monoisotopic (exact) mass is 188 g/mol. The number of hydrogen-bond donors (Lipinski definition) is 0. The fourth-order valence-corrected chi connectivity index (χ4v) is 2.49. The smallest absolute Gasteiger partial charge is 0.153 e. The average Bonchev–Trinajstić information content (AvgIpc) is 2.64. The molecule has 12 heavy (non-hydrogen) atoms. The van der Waals surface area contributed by atoms with E-state index in [1.807, 2.05) is 0 Å². The van der Waals surface area contributed by atoms with Crippen LogP contribution in [0, 0.1) is 5.41 Å². The predicted molar refractivity (Wildman–Crippen MR) is 48.4 cm³/mol. The molecule has 0 spiro atoms. The summed E-state index contributed by atoms with van der Waals surface area (Å²) in [6.45, 7) is 3.39. The summed E-state index contributed by atoms with van der Waals surface area (Å²) in [5.74, 6) is 0. The first-order chi connectivity index (χ1) is 5.77. The molecular formula is C8H13ClN2O. The molecule has 2 bridgehead atoms. The van der Waals surface area contributed by atoms with Crippen molar-refractivity contribution in [2.24, 2.45) is 10.6 Å². The third-order valence-electron chi connectivity index (χ3n) is 2.95. The minimum atomic E-state index is 0.136. The largest absolute Gasteiger partial charge is 0.398 e. The van der Waals surface area contributed by atoms with Crippen LogP contribution in [-0.2, 0) is 4.84 Å². The SMILES string of the molecule is CO/N=C(\Cl)C12CCN(CC1)C2. The second kappa shape index (κ2) is 2.89. The van der Waals surface area contributed by atoms with Crippen LogP contribution in [0.2, 0.25) is 0 Å². The van der Waals surface area contributed by atoms with E-state index in [-0.39, 0.29) is 5.41 Å². The molecule has 0 aromatic carbocycles. The highest BCUT2D eigenvalue weighted by molar-refractivity contribution is 6.66. The molecule has 0 N–H and O–H groups in total. The molecule has 0 amide bonds. The number of rotatable bonds is 2. The molecule has 2 aliphatic rings. The van der Waals surface area contributed by atoms with E-state index in [9.17, 15) is 0 Å². The zero-order valence-corrected chi connectivity index (χ0v) is 7.97. The van der Waals surface area contributed by atoms with Crippen molar-refractivity contribution >= 4 is 16.8 Å². The summed E-state index contributed by atoms with van der Waals surface area (Å²) in [6, 6.07) is 0. The number of halogens is 1. The minimum absolute atomic E-state index is 0.136. The van der Waals surface area contributed by atoms with Gasteiger partial charge in [0.05, 0.1) is 0 Å². The quantitative estimate of drug-likeness (QED) is 0.482. The molecule has 0 aromatic heterocycles. The minimum Gasteiger partial charge on any atom is -0.398 e. The summed E-state index contributed by atoms with van der Waals surface area (Å²) in [4.78, 5) is 7.12. The topological polar surface area (TPSA) is 24.8 Å². The maximum absolute atomic E-state index is 6.07. The third-order valence-corrected chi connectivity index (χ3v) is 3.42. The van der Waals surface area contributed by atoms with E-state index in [4.69, 9.17) is 16.4 Å². The molecule has 2 fully saturated rings. The summed E-state index contributed by atoms with van der Waals surface area (Å²) in [6.07, 6.45) is 2.28. The average molecular weight is 189 g/mol. The molecule has 2 aliphatic heterocycles. The summed E-state index contributed by atoms with van der Waals surface area (Å²) < 4.78 is 0. The predicted octanol–water partition coefficient (Wildman–Crippen LogP) is 1.28. The van der Waals surface area contributed by atoms with Crippen LogP contribution in [0.15, 0.2) is 5.16 Å². The van der Waals surface area contributed by atoms with Crippen molar-refractivity contribution in [2.45, 2.75) is 12.8 Å². The van der Waals surface area contributed by atoms with Crippen LogP contribution in [0.5, 0.6) is 0 Å². The first kappa shape index (κ1) is 8.32. The van der Waals surface area contributed by atoms with Gasteiger partial charge in [-0.1, -0.05) is 16.8 Å². The van der Waals surface area contributed by atoms with Crippen molar-refractivity contribution in [2.75, 3.05) is 26.7 Å². The Morgan fingerprint density at radius 1 is 1.50 bits per heavy atom. The van der Waals surface area contributed by atoms with Gasteiger partial charge in [-0.05, 0) is 25.9 Å². The molecular weight excluding hydrogens is 176 g/mol. The highest BCUT2D eigenvalue weighted by Crippen LogP contribution is 2.42. The Bertz CT molecular complexity index is 209. The molecule has 2 saturated heterocycles. The lowest BCUT2D eigenvalue weighted by Crippen LogP contribution is -2.26. The Balaban J connectivity index is 2.15. The lowest BCUT2D eigenvalue weighted by molar-refractivity contribution is 0.209. The van der Waals surface area contributed by atoms with Gasteiger partial charge in [0.2, 0.25) is 0 Å². The molecule has 0 atom stereocenters. The first-order valence-electron chi connectivity index (χ1n) is 4.26. The van der Waals surface area contributed by atoms with Gasteiger partial charge in [-0.2, -0.15) is 0 Å². The lowest BCUT2D eigenvalue weighted by Gasteiger charge is -2.22. The number of oxime groups is 1. The van der Waals surface area contributed by atoms with Crippen molar-refractivity contribution < 1.29 is 4.84 Å². The highest BCUT2D eigenvalue weighted by Gasteiger charge is 2.47. The van der Waals surface area contributed by atoms with Gasteiger partial charge in [0.1, 0.15) is 7.11 Å². The molecule has 0 radical (unpaired) electrons. The van der Waals surface area contributed by atoms with Crippen molar-refractivity contribution in [1.29, 1.82) is 0 Å². The van der Waals surface area contributed by atoms with E-state index in [1.54, 1.807) is 7.11 Å². The molecule has 0 aromatic rings. The van der Waals surface area contributed by atoms with Crippen LogP contribution in [0.1, 0.15) is 12.8 Å². The van der Waals surface area contributed by atoms with E-state index in [0.717, 1.165) is 32.5 Å². The molecule has 0 saturated carbocycles. The second-order valence-corrected chi connectivity index (χ2v) is 3.98. The fraction of sp³-hybridized carbons (Fsp3) is 0.875. The second-order valence-electron chi connectivity index (χ2n) is 3.62. The summed E-state index contributed by atoms with van der Waals surface area (Å²) >= 11 is 6.07. The Hall–Kier alpha value is -0.280. The Labute approximate surface area is 77.3 Å². The maximum atomic E-state index is 6.07. The van der Waals surface area contributed by atoms with E-state index in [0.29, 0.717) is 5.17 Å². The number of piperidine rings is 1. The third kappa shape index (κ3) is 1.12. The van der Waals surface area contributed by atoms with Gasteiger partial charge in [0.15, 0.2) is 5.17 Å². The van der Waals surface area contributed by atoms with Gasteiger partial charge in [0, 0.05) is 12.0 Å². The van der Waals surface area contributed by atoms with Crippen molar-refractivity contribution in [3.63, 3.8) is 0 Å². The van der Waals surface area contributed by atoms with Crippen LogP contribution in [0.25, 0.3) is 0 Å². The molecule has 2 rings (SSSR count). The van der Waals surface area contributed by atoms with Crippen LogP contribution in [0.4, 0.5) is 0 Å². The Kier molecular flexibility index (Phi) is 2.00. The van der Waals surface area contributed by atoms with E-state index in [2.05, 4.69) is 10.1 Å². The molecule has 4 heteroatoms. The molecule has 2 heterocycles. The van der Waals surface area contributed by atoms with Gasteiger partial charge in [-0.3, -0.25) is 0 Å². The molecule has 68 valence electrons. The first-order valence-corrected chi connectivity index (χ1v) is 4.64.